The molecule has 37 heavy (non-hydrogen) atoms. The van der Waals surface area contributed by atoms with Crippen LogP contribution in [0.5, 0.6) is 11.5 Å². The molecule has 0 amide bonds. The number of benzene rings is 1. The SMILES string of the molecule is OC1CCN(c2cc(-c3cc(Oc4ccc5nc(N[C@@H]6CCCC[C@H]6O)sc5c4)ccn3)ccn2)CC1. The quantitative estimate of drug-likeness (QED) is 0.320. The zero-order chi connectivity index (χ0) is 25.2. The van der Waals surface area contributed by atoms with Crippen LogP contribution in [0.25, 0.3) is 21.5 Å². The zero-order valence-corrected chi connectivity index (χ0v) is 21.4. The number of aromatic nitrogens is 3. The molecule has 1 aliphatic heterocycles. The van der Waals surface area contributed by atoms with Gasteiger partial charge in [-0.3, -0.25) is 4.98 Å². The van der Waals surface area contributed by atoms with Gasteiger partial charge in [0.25, 0.3) is 0 Å². The Morgan fingerprint density at radius 1 is 0.892 bits per heavy atom. The molecule has 2 fully saturated rings. The van der Waals surface area contributed by atoms with Gasteiger partial charge in [0.05, 0.1) is 34.2 Å². The minimum absolute atomic E-state index is 0.0653. The second-order valence-electron chi connectivity index (χ2n) is 9.85. The summed E-state index contributed by atoms with van der Waals surface area (Å²) in [6.07, 6.45) is 8.59. The molecule has 9 heteroatoms. The molecular weight excluding hydrogens is 486 g/mol. The van der Waals surface area contributed by atoms with Crippen LogP contribution in [0.4, 0.5) is 10.9 Å². The van der Waals surface area contributed by atoms with E-state index in [0.717, 1.165) is 89.8 Å². The maximum atomic E-state index is 10.3. The van der Waals surface area contributed by atoms with Crippen molar-refractivity contribution in [3.05, 3.63) is 54.9 Å². The Labute approximate surface area is 220 Å². The van der Waals surface area contributed by atoms with Crippen molar-refractivity contribution in [2.24, 2.45) is 0 Å². The Bertz CT molecular complexity index is 1370. The third kappa shape index (κ3) is 5.53. The topological polar surface area (TPSA) is 104 Å². The number of pyridine rings is 2. The van der Waals surface area contributed by atoms with Gasteiger partial charge in [-0.15, -0.1) is 0 Å². The van der Waals surface area contributed by atoms with E-state index in [-0.39, 0.29) is 18.2 Å². The number of rotatable bonds is 6. The highest BCUT2D eigenvalue weighted by Gasteiger charge is 2.24. The van der Waals surface area contributed by atoms with E-state index >= 15 is 0 Å². The molecule has 0 radical (unpaired) electrons. The Morgan fingerprint density at radius 3 is 2.57 bits per heavy atom. The van der Waals surface area contributed by atoms with Crippen molar-refractivity contribution in [2.75, 3.05) is 23.3 Å². The largest absolute Gasteiger partial charge is 0.457 e. The van der Waals surface area contributed by atoms with Crippen LogP contribution >= 0.6 is 11.3 Å². The van der Waals surface area contributed by atoms with Gasteiger partial charge in [-0.2, -0.15) is 0 Å². The van der Waals surface area contributed by atoms with Crippen LogP contribution in [0.2, 0.25) is 0 Å². The van der Waals surface area contributed by atoms with Crippen LogP contribution < -0.4 is 15.0 Å². The summed E-state index contributed by atoms with van der Waals surface area (Å²) in [5.41, 5.74) is 2.70. The smallest absolute Gasteiger partial charge is 0.184 e. The molecule has 2 aliphatic rings. The van der Waals surface area contributed by atoms with Gasteiger partial charge in [-0.1, -0.05) is 24.2 Å². The van der Waals surface area contributed by atoms with Crippen molar-refractivity contribution in [3.8, 4) is 22.8 Å². The zero-order valence-electron chi connectivity index (χ0n) is 20.6. The van der Waals surface area contributed by atoms with Crippen molar-refractivity contribution >= 4 is 32.5 Å². The number of hydrogen-bond donors (Lipinski definition) is 3. The number of nitrogens with one attached hydrogen (secondary N) is 1. The van der Waals surface area contributed by atoms with Crippen LogP contribution in [0.15, 0.2) is 54.9 Å². The molecule has 1 aromatic carbocycles. The third-order valence-electron chi connectivity index (χ3n) is 7.20. The molecule has 0 spiro atoms. The lowest BCUT2D eigenvalue weighted by Crippen LogP contribution is -2.36. The van der Waals surface area contributed by atoms with Gasteiger partial charge < -0.3 is 25.2 Å². The second-order valence-corrected chi connectivity index (χ2v) is 10.9. The summed E-state index contributed by atoms with van der Waals surface area (Å²) in [7, 11) is 0. The molecule has 6 rings (SSSR count). The fraction of sp³-hybridized carbons (Fsp3) is 0.393. The fourth-order valence-electron chi connectivity index (χ4n) is 5.08. The second kappa shape index (κ2) is 10.6. The van der Waals surface area contributed by atoms with E-state index in [4.69, 9.17) is 9.72 Å². The molecule has 1 saturated carbocycles. The molecule has 8 nitrogen and oxygen atoms in total. The Hall–Kier alpha value is -3.27. The number of anilines is 2. The van der Waals surface area contributed by atoms with Crippen LogP contribution in [-0.4, -0.2) is 56.5 Å². The molecule has 1 saturated heterocycles. The van der Waals surface area contributed by atoms with Crippen molar-refractivity contribution < 1.29 is 14.9 Å². The molecular formula is C28H31N5O3S. The first-order valence-electron chi connectivity index (χ1n) is 13.0. The normalized spacial score (nSPS) is 20.8. The van der Waals surface area contributed by atoms with Crippen LogP contribution in [-0.2, 0) is 0 Å². The summed E-state index contributed by atoms with van der Waals surface area (Å²) in [5, 5.41) is 24.4. The predicted octanol–water partition coefficient (Wildman–Crippen LogP) is 5.22. The van der Waals surface area contributed by atoms with Crippen LogP contribution in [0.3, 0.4) is 0 Å². The molecule has 192 valence electrons. The highest BCUT2D eigenvalue weighted by atomic mass is 32.1. The van der Waals surface area contributed by atoms with Gasteiger partial charge in [-0.05, 0) is 56.0 Å². The molecule has 1 aliphatic carbocycles. The van der Waals surface area contributed by atoms with Gasteiger partial charge in [0.2, 0.25) is 0 Å². The summed E-state index contributed by atoms with van der Waals surface area (Å²) in [6.45, 7) is 1.60. The van der Waals surface area contributed by atoms with E-state index in [9.17, 15) is 10.2 Å². The summed E-state index contributed by atoms with van der Waals surface area (Å²) < 4.78 is 7.24. The number of ether oxygens (including phenoxy) is 1. The summed E-state index contributed by atoms with van der Waals surface area (Å²) in [6, 6.07) is 13.8. The first-order valence-corrected chi connectivity index (χ1v) is 13.8. The van der Waals surface area contributed by atoms with E-state index in [1.807, 2.05) is 42.5 Å². The van der Waals surface area contributed by atoms with Crippen molar-refractivity contribution in [1.29, 1.82) is 0 Å². The van der Waals surface area contributed by atoms with Crippen LogP contribution in [0.1, 0.15) is 38.5 Å². The van der Waals surface area contributed by atoms with E-state index in [1.54, 1.807) is 23.7 Å². The monoisotopic (exact) mass is 517 g/mol. The van der Waals surface area contributed by atoms with E-state index in [2.05, 4.69) is 20.2 Å². The fourth-order valence-corrected chi connectivity index (χ4v) is 6.04. The van der Waals surface area contributed by atoms with Crippen molar-refractivity contribution in [2.45, 2.75) is 56.8 Å². The molecule has 0 bridgehead atoms. The van der Waals surface area contributed by atoms with Gasteiger partial charge in [0.1, 0.15) is 17.3 Å². The lowest BCUT2D eigenvalue weighted by Gasteiger charge is -2.30. The molecule has 0 unspecified atom stereocenters. The average Bonchev–Trinajstić information content (AvgIpc) is 3.32. The maximum Gasteiger partial charge on any atom is 0.184 e. The third-order valence-corrected chi connectivity index (χ3v) is 8.14. The minimum atomic E-state index is -0.315. The molecule has 2 atom stereocenters. The minimum Gasteiger partial charge on any atom is -0.457 e. The first-order chi connectivity index (χ1) is 18.1. The standard InChI is InChI=1S/C28H31N5O3S/c34-19-9-13-33(14-10-19)27-15-18(7-11-30-27)24-16-21(8-12-29-24)36-20-5-6-23-26(17-20)37-28(32-23)31-22-3-1-2-4-25(22)35/h5-8,11-12,15-17,19,22,25,34-35H,1-4,9-10,13-14H2,(H,31,32)/t22-,25-/m1/s1. The lowest BCUT2D eigenvalue weighted by molar-refractivity contribution is 0.116. The highest BCUT2D eigenvalue weighted by Crippen LogP contribution is 2.34. The number of aliphatic hydroxyl groups is 2. The Morgan fingerprint density at radius 2 is 1.70 bits per heavy atom. The average molecular weight is 518 g/mol. The number of aliphatic hydroxyl groups excluding tert-OH is 2. The number of thiazole rings is 1. The number of piperidine rings is 1. The van der Waals surface area contributed by atoms with Gasteiger partial charge in [0, 0.05) is 43.2 Å². The first kappa shape index (κ1) is 24.1. The number of nitrogens with zero attached hydrogens (tertiary/aromatic N) is 4. The van der Waals surface area contributed by atoms with E-state index in [0.29, 0.717) is 5.75 Å². The highest BCUT2D eigenvalue weighted by molar-refractivity contribution is 7.22. The van der Waals surface area contributed by atoms with Gasteiger partial charge >= 0.3 is 0 Å². The number of fused-ring (bicyclic) bond motifs is 1. The molecule has 4 aromatic rings. The van der Waals surface area contributed by atoms with Gasteiger partial charge in [0.15, 0.2) is 5.13 Å². The maximum absolute atomic E-state index is 10.3. The predicted molar refractivity (Wildman–Crippen MR) is 147 cm³/mol. The van der Waals surface area contributed by atoms with Crippen LogP contribution in [0, 0.1) is 0 Å². The lowest BCUT2D eigenvalue weighted by atomic mass is 9.93. The molecule has 3 N–H and O–H groups in total. The summed E-state index contributed by atoms with van der Waals surface area (Å²) in [4.78, 5) is 16.0. The Kier molecular flexibility index (Phi) is 6.91. The number of hydrogen-bond acceptors (Lipinski definition) is 9. The molecule has 4 heterocycles. The summed E-state index contributed by atoms with van der Waals surface area (Å²) in [5.74, 6) is 2.34. The van der Waals surface area contributed by atoms with E-state index < -0.39 is 0 Å². The van der Waals surface area contributed by atoms with E-state index in [1.165, 1.54) is 0 Å². The van der Waals surface area contributed by atoms with Crippen molar-refractivity contribution in [3.63, 3.8) is 0 Å². The van der Waals surface area contributed by atoms with Crippen molar-refractivity contribution in [1.82, 2.24) is 15.0 Å². The summed E-state index contributed by atoms with van der Waals surface area (Å²) >= 11 is 1.58. The van der Waals surface area contributed by atoms with Gasteiger partial charge in [-0.25, -0.2) is 9.97 Å². The Balaban J connectivity index is 1.17. The molecule has 3 aromatic heterocycles.